The number of nitrogens with zero attached hydrogens (tertiary/aromatic N) is 4. The third kappa shape index (κ3) is 3.51. The van der Waals surface area contributed by atoms with E-state index in [9.17, 15) is 0 Å². The zero-order valence-corrected chi connectivity index (χ0v) is 17.6. The summed E-state index contributed by atoms with van der Waals surface area (Å²) in [5.74, 6) is 1.16. The van der Waals surface area contributed by atoms with Gasteiger partial charge >= 0.3 is 0 Å². The molecule has 1 aliphatic carbocycles. The topological polar surface area (TPSA) is 105 Å². The zero-order chi connectivity index (χ0) is 20.5. The van der Waals surface area contributed by atoms with Gasteiger partial charge in [-0.1, -0.05) is 28.3 Å². The van der Waals surface area contributed by atoms with Crippen LogP contribution in [0.25, 0.3) is 10.4 Å². The van der Waals surface area contributed by atoms with Gasteiger partial charge in [0.05, 0.1) is 49.2 Å². The van der Waals surface area contributed by atoms with E-state index in [1.807, 2.05) is 0 Å². The van der Waals surface area contributed by atoms with Crippen molar-refractivity contribution in [3.05, 3.63) is 49.1 Å². The van der Waals surface area contributed by atoms with Crippen molar-refractivity contribution in [3.63, 3.8) is 0 Å². The van der Waals surface area contributed by atoms with Crippen LogP contribution in [0, 0.1) is 0 Å². The summed E-state index contributed by atoms with van der Waals surface area (Å²) in [6.07, 6.45) is 2.39. The Kier molecular flexibility index (Phi) is 5.79. The number of aromatic amines is 1. The summed E-state index contributed by atoms with van der Waals surface area (Å²) in [4.78, 5) is 2.95. The predicted molar refractivity (Wildman–Crippen MR) is 109 cm³/mol. The van der Waals surface area contributed by atoms with E-state index in [0.717, 1.165) is 36.2 Å². The maximum atomic E-state index is 8.81. The van der Waals surface area contributed by atoms with Gasteiger partial charge in [-0.2, -0.15) is 5.10 Å². The minimum absolute atomic E-state index is 0.0217. The van der Waals surface area contributed by atoms with Crippen molar-refractivity contribution in [2.75, 3.05) is 27.4 Å². The largest absolute Gasteiger partial charge is 0.495 e. The first-order valence-corrected chi connectivity index (χ1v) is 10.1. The summed E-state index contributed by atoms with van der Waals surface area (Å²) in [5.41, 5.74) is 12.8. The molecule has 0 radical (unpaired) electrons. The van der Waals surface area contributed by atoms with Gasteiger partial charge in [-0.05, 0) is 36.3 Å². The highest BCUT2D eigenvalue weighted by atomic mass is 35.5. The summed E-state index contributed by atoms with van der Waals surface area (Å²) in [7, 11) is 3.14. The number of hydrogen-bond acceptors (Lipinski definition) is 5. The molecule has 2 aliphatic rings. The van der Waals surface area contributed by atoms with E-state index >= 15 is 0 Å². The maximum Gasteiger partial charge on any atom is 0.141 e. The number of azide groups is 1. The number of halogens is 2. The summed E-state index contributed by atoms with van der Waals surface area (Å²) < 4.78 is 16.3. The summed E-state index contributed by atoms with van der Waals surface area (Å²) in [6, 6.07) is 1.48. The molecule has 0 bridgehead atoms. The third-order valence-electron chi connectivity index (χ3n) is 5.80. The van der Waals surface area contributed by atoms with Crippen LogP contribution < -0.4 is 9.47 Å². The minimum atomic E-state index is -0.225. The lowest BCUT2D eigenvalue weighted by Gasteiger charge is -2.26. The number of rotatable bonds is 5. The Morgan fingerprint density at radius 3 is 2.62 bits per heavy atom. The highest BCUT2D eigenvalue weighted by Gasteiger charge is 2.36. The second kappa shape index (κ2) is 8.32. The lowest BCUT2D eigenvalue weighted by molar-refractivity contribution is 0.190. The lowest BCUT2D eigenvalue weighted by Crippen LogP contribution is -2.18. The standard InChI is InChI=1S/C19H21Cl2N5O3/c1-27-14-6-15(28-2)18(21)16(17(14)20)9-3-4-10-12(5-9)23-25-19(10)11-7-29-8-13(11)24-26-22/h6,9,11,13H,3-5,7-8H2,1-2H3,(H,23,25). The van der Waals surface area contributed by atoms with Crippen LogP contribution in [0.15, 0.2) is 11.2 Å². The molecule has 8 nitrogen and oxygen atoms in total. The molecule has 2 aromatic rings. The number of fused-ring (bicyclic) bond motifs is 1. The van der Waals surface area contributed by atoms with E-state index in [0.29, 0.717) is 34.8 Å². The van der Waals surface area contributed by atoms with Crippen molar-refractivity contribution in [1.29, 1.82) is 0 Å². The van der Waals surface area contributed by atoms with Gasteiger partial charge in [0.25, 0.3) is 0 Å². The Balaban J connectivity index is 1.66. The summed E-state index contributed by atoms with van der Waals surface area (Å²) >= 11 is 13.2. The number of H-pyrrole nitrogens is 1. The molecule has 0 amide bonds. The molecule has 4 rings (SSSR count). The van der Waals surface area contributed by atoms with Crippen molar-refractivity contribution in [2.45, 2.75) is 37.1 Å². The summed E-state index contributed by atoms with van der Waals surface area (Å²) in [6.45, 7) is 0.933. The van der Waals surface area contributed by atoms with Crippen molar-refractivity contribution in [3.8, 4) is 11.5 Å². The fraction of sp³-hybridized carbons (Fsp3) is 0.526. The number of ether oxygens (including phenoxy) is 3. The molecule has 1 aliphatic heterocycles. The Bertz CT molecular complexity index is 945. The van der Waals surface area contributed by atoms with Crippen LogP contribution in [0.4, 0.5) is 0 Å². The average Bonchev–Trinajstić information content (AvgIpc) is 3.35. The van der Waals surface area contributed by atoms with Crippen LogP contribution in [-0.4, -0.2) is 43.7 Å². The molecular formula is C19H21Cl2N5O3. The van der Waals surface area contributed by atoms with E-state index in [1.165, 1.54) is 5.56 Å². The quantitative estimate of drug-likeness (QED) is 0.411. The number of benzene rings is 1. The molecule has 1 aromatic carbocycles. The Hall–Kier alpha value is -2.12. The average molecular weight is 438 g/mol. The Morgan fingerprint density at radius 1 is 1.24 bits per heavy atom. The molecule has 1 aromatic heterocycles. The van der Waals surface area contributed by atoms with E-state index in [-0.39, 0.29) is 17.9 Å². The second-order valence-corrected chi connectivity index (χ2v) is 8.00. The molecular weight excluding hydrogens is 417 g/mol. The van der Waals surface area contributed by atoms with Crippen molar-refractivity contribution >= 4 is 23.2 Å². The molecule has 1 N–H and O–H groups in total. The van der Waals surface area contributed by atoms with Crippen LogP contribution >= 0.6 is 23.2 Å². The minimum Gasteiger partial charge on any atom is -0.495 e. The van der Waals surface area contributed by atoms with Crippen LogP contribution in [0.2, 0.25) is 10.0 Å². The van der Waals surface area contributed by atoms with Gasteiger partial charge in [0, 0.05) is 28.2 Å². The number of hydrogen-bond donors (Lipinski definition) is 1. The first-order chi connectivity index (χ1) is 14.1. The van der Waals surface area contributed by atoms with Crippen LogP contribution in [-0.2, 0) is 17.6 Å². The zero-order valence-electron chi connectivity index (χ0n) is 16.1. The highest BCUT2D eigenvalue weighted by molar-refractivity contribution is 6.38. The first-order valence-electron chi connectivity index (χ1n) is 9.36. The van der Waals surface area contributed by atoms with Gasteiger partial charge in [-0.3, -0.25) is 5.10 Å². The van der Waals surface area contributed by atoms with Gasteiger partial charge in [-0.25, -0.2) is 0 Å². The van der Waals surface area contributed by atoms with E-state index in [2.05, 4.69) is 20.2 Å². The molecule has 1 saturated heterocycles. The van der Waals surface area contributed by atoms with Gasteiger partial charge in [0.2, 0.25) is 0 Å². The van der Waals surface area contributed by atoms with Crippen molar-refractivity contribution in [2.24, 2.45) is 5.11 Å². The van der Waals surface area contributed by atoms with Crippen molar-refractivity contribution < 1.29 is 14.2 Å². The molecule has 0 spiro atoms. The molecule has 1 fully saturated rings. The van der Waals surface area contributed by atoms with Gasteiger partial charge in [0.1, 0.15) is 11.5 Å². The summed E-state index contributed by atoms with van der Waals surface area (Å²) in [5, 5.41) is 12.6. The monoisotopic (exact) mass is 437 g/mol. The fourth-order valence-corrected chi connectivity index (χ4v) is 5.14. The second-order valence-electron chi connectivity index (χ2n) is 7.24. The van der Waals surface area contributed by atoms with Crippen LogP contribution in [0.1, 0.15) is 40.8 Å². The highest BCUT2D eigenvalue weighted by Crippen LogP contribution is 2.47. The smallest absolute Gasteiger partial charge is 0.141 e. The Morgan fingerprint density at radius 2 is 1.97 bits per heavy atom. The number of methoxy groups -OCH3 is 2. The normalized spacial score (nSPS) is 23.4. The number of nitrogens with one attached hydrogen (secondary N) is 1. The third-order valence-corrected chi connectivity index (χ3v) is 6.58. The SMILES string of the molecule is COc1cc(OC)c(Cl)c(C2CCc3c(C4COCC4N=[N+]=[N-])n[nH]c3C2)c1Cl. The maximum absolute atomic E-state index is 8.81. The van der Waals surface area contributed by atoms with Crippen LogP contribution in [0.5, 0.6) is 11.5 Å². The fourth-order valence-electron chi connectivity index (χ4n) is 4.33. The van der Waals surface area contributed by atoms with E-state index in [1.54, 1.807) is 20.3 Å². The molecule has 0 saturated carbocycles. The van der Waals surface area contributed by atoms with Gasteiger partial charge in [0.15, 0.2) is 0 Å². The van der Waals surface area contributed by atoms with Gasteiger partial charge in [-0.15, -0.1) is 0 Å². The molecule has 154 valence electrons. The molecule has 2 heterocycles. The molecule has 29 heavy (non-hydrogen) atoms. The number of aromatic nitrogens is 2. The Labute approximate surface area is 178 Å². The molecule has 3 atom stereocenters. The van der Waals surface area contributed by atoms with Crippen molar-refractivity contribution in [1.82, 2.24) is 10.2 Å². The predicted octanol–water partition coefficient (Wildman–Crippen LogP) is 4.80. The van der Waals surface area contributed by atoms with Gasteiger partial charge < -0.3 is 14.2 Å². The van der Waals surface area contributed by atoms with E-state index in [4.69, 9.17) is 42.9 Å². The molecule has 3 unspecified atom stereocenters. The first kappa shape index (κ1) is 20.2. The lowest BCUT2D eigenvalue weighted by atomic mass is 9.80. The van der Waals surface area contributed by atoms with E-state index < -0.39 is 0 Å². The van der Waals surface area contributed by atoms with Crippen LogP contribution in [0.3, 0.4) is 0 Å². The molecule has 10 heteroatoms.